The highest BCUT2D eigenvalue weighted by molar-refractivity contribution is 5.42. The van der Waals surface area contributed by atoms with E-state index in [0.717, 1.165) is 12.8 Å². The molecule has 2 aromatic carbocycles. The molecule has 2 nitrogen and oxygen atoms in total. The molecule has 0 radical (unpaired) electrons. The molecule has 0 saturated carbocycles. The molecular formula is C24H30O2. The van der Waals surface area contributed by atoms with Crippen molar-refractivity contribution in [1.82, 2.24) is 0 Å². The van der Waals surface area contributed by atoms with Gasteiger partial charge >= 0.3 is 0 Å². The van der Waals surface area contributed by atoms with Crippen LogP contribution >= 0.6 is 0 Å². The highest BCUT2D eigenvalue weighted by Crippen LogP contribution is 2.60. The van der Waals surface area contributed by atoms with Crippen molar-refractivity contribution < 1.29 is 9.47 Å². The summed E-state index contributed by atoms with van der Waals surface area (Å²) in [6, 6.07) is 21.3. The van der Waals surface area contributed by atoms with Gasteiger partial charge in [-0.15, -0.1) is 0 Å². The second-order valence-corrected chi connectivity index (χ2v) is 7.79. The average Bonchev–Trinajstić information content (AvgIpc) is 2.67. The molecule has 2 aromatic rings. The fourth-order valence-corrected chi connectivity index (χ4v) is 4.18. The number of hydrogen-bond acceptors (Lipinski definition) is 2. The Morgan fingerprint density at radius 3 is 2.00 bits per heavy atom. The number of rotatable bonds is 7. The lowest BCUT2D eigenvalue weighted by Gasteiger charge is -2.62. The Bertz CT molecular complexity index is 692. The highest BCUT2D eigenvalue weighted by Gasteiger charge is 2.62. The van der Waals surface area contributed by atoms with Crippen molar-refractivity contribution in [2.75, 3.05) is 13.7 Å². The van der Waals surface area contributed by atoms with Gasteiger partial charge in [-0.05, 0) is 30.9 Å². The van der Waals surface area contributed by atoms with Gasteiger partial charge in [-0.1, -0.05) is 86.2 Å². The SMILES string of the molecule is COC/C=C(\C)CCC1OC(c2ccccc2)(c2ccccc2)C1(C)C. The molecule has 0 N–H and O–H groups in total. The van der Waals surface area contributed by atoms with Gasteiger partial charge in [-0.2, -0.15) is 0 Å². The molecule has 138 valence electrons. The lowest BCUT2D eigenvalue weighted by Crippen LogP contribution is -2.64. The van der Waals surface area contributed by atoms with Crippen molar-refractivity contribution in [2.45, 2.75) is 45.3 Å². The van der Waals surface area contributed by atoms with E-state index in [4.69, 9.17) is 9.47 Å². The molecule has 1 heterocycles. The van der Waals surface area contributed by atoms with E-state index in [1.165, 1.54) is 16.7 Å². The van der Waals surface area contributed by atoms with Crippen molar-refractivity contribution in [3.8, 4) is 0 Å². The maximum Gasteiger partial charge on any atom is 0.126 e. The Balaban J connectivity index is 1.86. The van der Waals surface area contributed by atoms with Crippen LogP contribution in [0.1, 0.15) is 44.7 Å². The summed E-state index contributed by atoms with van der Waals surface area (Å²) in [6.45, 7) is 7.54. The molecule has 1 fully saturated rings. The van der Waals surface area contributed by atoms with Gasteiger partial charge in [0.05, 0.1) is 12.7 Å². The van der Waals surface area contributed by atoms with Gasteiger partial charge < -0.3 is 9.47 Å². The van der Waals surface area contributed by atoms with E-state index in [0.29, 0.717) is 6.61 Å². The summed E-state index contributed by atoms with van der Waals surface area (Å²) in [5.41, 5.74) is 3.46. The summed E-state index contributed by atoms with van der Waals surface area (Å²) >= 11 is 0. The second-order valence-electron chi connectivity index (χ2n) is 7.79. The molecule has 0 spiro atoms. The molecule has 26 heavy (non-hydrogen) atoms. The van der Waals surface area contributed by atoms with E-state index >= 15 is 0 Å². The van der Waals surface area contributed by atoms with E-state index in [2.05, 4.69) is 87.5 Å². The monoisotopic (exact) mass is 350 g/mol. The van der Waals surface area contributed by atoms with Gasteiger partial charge in [0, 0.05) is 12.5 Å². The number of allylic oxidation sites excluding steroid dienone is 1. The Kier molecular flexibility index (Phi) is 5.64. The van der Waals surface area contributed by atoms with Gasteiger partial charge in [-0.3, -0.25) is 0 Å². The van der Waals surface area contributed by atoms with Crippen LogP contribution in [-0.2, 0) is 15.1 Å². The molecule has 0 bridgehead atoms. The Morgan fingerprint density at radius 2 is 1.54 bits per heavy atom. The molecule has 1 unspecified atom stereocenters. The van der Waals surface area contributed by atoms with Crippen LogP contribution in [0.25, 0.3) is 0 Å². The largest absolute Gasteiger partial charge is 0.381 e. The van der Waals surface area contributed by atoms with E-state index in [1.54, 1.807) is 7.11 Å². The first-order chi connectivity index (χ1) is 12.5. The van der Waals surface area contributed by atoms with E-state index in [9.17, 15) is 0 Å². The molecular weight excluding hydrogens is 320 g/mol. The lowest BCUT2D eigenvalue weighted by molar-refractivity contribution is -0.296. The predicted molar refractivity (Wildman–Crippen MR) is 107 cm³/mol. The molecule has 2 heteroatoms. The molecule has 3 rings (SSSR count). The van der Waals surface area contributed by atoms with Crippen LogP contribution in [0.4, 0.5) is 0 Å². The van der Waals surface area contributed by atoms with Crippen molar-refractivity contribution in [1.29, 1.82) is 0 Å². The van der Waals surface area contributed by atoms with Crippen molar-refractivity contribution in [3.63, 3.8) is 0 Å². The highest BCUT2D eigenvalue weighted by atomic mass is 16.5. The quantitative estimate of drug-likeness (QED) is 0.594. The standard InChI is InChI=1S/C24H30O2/c1-19(17-18-25-4)15-16-22-23(2,3)24(26-22,20-11-7-5-8-12-20)21-13-9-6-10-14-21/h5-14,17,22H,15-16,18H2,1-4H3/b19-17+. The zero-order valence-corrected chi connectivity index (χ0v) is 16.4. The number of ether oxygens (including phenoxy) is 2. The van der Waals surface area contributed by atoms with E-state index in [-0.39, 0.29) is 17.1 Å². The van der Waals surface area contributed by atoms with Gasteiger partial charge in [0.1, 0.15) is 5.60 Å². The topological polar surface area (TPSA) is 18.5 Å². The van der Waals surface area contributed by atoms with E-state index in [1.807, 2.05) is 0 Å². The van der Waals surface area contributed by atoms with Crippen molar-refractivity contribution in [2.24, 2.45) is 5.41 Å². The second kappa shape index (κ2) is 7.77. The zero-order chi connectivity index (χ0) is 18.6. The summed E-state index contributed by atoms with van der Waals surface area (Å²) < 4.78 is 11.9. The van der Waals surface area contributed by atoms with Gasteiger partial charge in [0.2, 0.25) is 0 Å². The summed E-state index contributed by atoms with van der Waals surface area (Å²) in [5, 5.41) is 0. The van der Waals surface area contributed by atoms with Crippen molar-refractivity contribution >= 4 is 0 Å². The molecule has 1 atom stereocenters. The van der Waals surface area contributed by atoms with Crippen LogP contribution in [0.3, 0.4) is 0 Å². The van der Waals surface area contributed by atoms with Crippen LogP contribution < -0.4 is 0 Å². The number of hydrogen-bond donors (Lipinski definition) is 0. The summed E-state index contributed by atoms with van der Waals surface area (Å²) in [7, 11) is 1.73. The summed E-state index contributed by atoms with van der Waals surface area (Å²) in [4.78, 5) is 0. The minimum atomic E-state index is -0.385. The van der Waals surface area contributed by atoms with Crippen molar-refractivity contribution in [3.05, 3.63) is 83.4 Å². The number of benzene rings is 2. The van der Waals surface area contributed by atoms with Crippen LogP contribution in [0.5, 0.6) is 0 Å². The third-order valence-corrected chi connectivity index (χ3v) is 5.79. The summed E-state index contributed by atoms with van der Waals surface area (Å²) in [5.74, 6) is 0. The van der Waals surface area contributed by atoms with Gasteiger partial charge in [-0.25, -0.2) is 0 Å². The maximum absolute atomic E-state index is 6.71. The molecule has 1 saturated heterocycles. The third-order valence-electron chi connectivity index (χ3n) is 5.79. The minimum absolute atomic E-state index is 0.0112. The fraction of sp³-hybridized carbons (Fsp3) is 0.417. The lowest BCUT2D eigenvalue weighted by atomic mass is 9.58. The molecule has 1 aliphatic heterocycles. The zero-order valence-electron chi connectivity index (χ0n) is 16.4. The predicted octanol–water partition coefficient (Wildman–Crippen LogP) is 5.73. The van der Waals surface area contributed by atoms with E-state index < -0.39 is 0 Å². The van der Waals surface area contributed by atoms with Crippen LogP contribution in [-0.4, -0.2) is 19.8 Å². The average molecular weight is 351 g/mol. The normalized spacial score (nSPS) is 21.2. The van der Waals surface area contributed by atoms with Gasteiger partial charge in [0.25, 0.3) is 0 Å². The van der Waals surface area contributed by atoms with Crippen LogP contribution in [0.15, 0.2) is 72.3 Å². The first-order valence-corrected chi connectivity index (χ1v) is 9.46. The fourth-order valence-electron chi connectivity index (χ4n) is 4.18. The first-order valence-electron chi connectivity index (χ1n) is 9.46. The van der Waals surface area contributed by atoms with Crippen LogP contribution in [0.2, 0.25) is 0 Å². The van der Waals surface area contributed by atoms with Gasteiger partial charge in [0.15, 0.2) is 0 Å². The molecule has 0 aliphatic carbocycles. The Morgan fingerprint density at radius 1 is 1.00 bits per heavy atom. The smallest absolute Gasteiger partial charge is 0.126 e. The third kappa shape index (κ3) is 3.24. The van der Waals surface area contributed by atoms with Crippen LogP contribution in [0, 0.1) is 5.41 Å². The molecule has 0 aromatic heterocycles. The Labute approximate surface area is 157 Å². The summed E-state index contributed by atoms with van der Waals surface area (Å²) in [6.07, 6.45) is 4.46. The Hall–Kier alpha value is -1.90. The first kappa shape index (κ1) is 18.9. The molecule has 1 aliphatic rings. The molecule has 0 amide bonds. The minimum Gasteiger partial charge on any atom is -0.381 e. The maximum atomic E-state index is 6.71. The number of methoxy groups -OCH3 is 1.